The van der Waals surface area contributed by atoms with Gasteiger partial charge in [0, 0.05) is 0 Å². The molecular formula is C8H14N2Se. The van der Waals surface area contributed by atoms with Gasteiger partial charge in [-0.2, -0.15) is 0 Å². The third-order valence-electron chi connectivity index (χ3n) is 1.53. The summed E-state index contributed by atoms with van der Waals surface area (Å²) in [5.41, 5.74) is 12.4. The van der Waals surface area contributed by atoms with Gasteiger partial charge in [0.1, 0.15) is 0 Å². The summed E-state index contributed by atoms with van der Waals surface area (Å²) < 4.78 is 2.27. The molecule has 0 spiro atoms. The Balaban J connectivity index is 3.08. The molecule has 0 aliphatic rings. The Hall–Kier alpha value is -0.401. The van der Waals surface area contributed by atoms with Crippen LogP contribution in [0.2, 0.25) is 0 Å². The molecule has 0 aromatic carbocycles. The molecule has 11 heavy (non-hydrogen) atoms. The fourth-order valence-corrected chi connectivity index (χ4v) is 2.69. The van der Waals surface area contributed by atoms with Crippen molar-refractivity contribution in [3.8, 4) is 0 Å². The Morgan fingerprint density at radius 2 is 1.82 bits per heavy atom. The number of hydrogen-bond donors (Lipinski definition) is 2. The molecule has 0 saturated heterocycles. The van der Waals surface area contributed by atoms with Gasteiger partial charge in [0.25, 0.3) is 0 Å². The monoisotopic (exact) mass is 218 g/mol. The van der Waals surface area contributed by atoms with Crippen molar-refractivity contribution >= 4 is 24.8 Å². The Morgan fingerprint density at radius 1 is 1.27 bits per heavy atom. The second-order valence-corrected chi connectivity index (χ2v) is 5.95. The minimum atomic E-state index is 0.228. The van der Waals surface area contributed by atoms with E-state index in [1.165, 1.54) is 4.44 Å². The molecule has 62 valence electrons. The van der Waals surface area contributed by atoms with E-state index in [9.17, 15) is 0 Å². The van der Waals surface area contributed by atoms with E-state index in [4.69, 9.17) is 11.5 Å². The zero-order chi connectivity index (χ0) is 8.65. The topological polar surface area (TPSA) is 52.0 Å². The first-order valence-corrected chi connectivity index (χ1v) is 5.28. The first kappa shape index (κ1) is 8.69. The summed E-state index contributed by atoms with van der Waals surface area (Å²) >= 11 is 0.294. The van der Waals surface area contributed by atoms with Gasteiger partial charge in [-0.1, -0.05) is 0 Å². The van der Waals surface area contributed by atoms with Crippen LogP contribution in [0, 0.1) is 0 Å². The quantitative estimate of drug-likeness (QED) is 0.641. The first-order chi connectivity index (χ1) is 4.91. The third-order valence-corrected chi connectivity index (χ3v) is 4.48. The number of hydrogen-bond acceptors (Lipinski definition) is 2. The summed E-state index contributed by atoms with van der Waals surface area (Å²) in [6.07, 6.45) is 0. The average Bonchev–Trinajstić information content (AvgIpc) is 2.11. The molecule has 2 nitrogen and oxygen atoms in total. The van der Waals surface area contributed by atoms with E-state index in [0.29, 0.717) is 14.5 Å². The molecule has 1 aromatic rings. The Bertz CT molecular complexity index is 238. The summed E-state index contributed by atoms with van der Waals surface area (Å²) in [5, 5.41) is 0. The van der Waals surface area contributed by atoms with E-state index in [0.717, 1.165) is 10.2 Å². The fourth-order valence-electron chi connectivity index (χ4n) is 0.789. The number of anilines is 2. The normalized spacial score (nSPS) is 11.9. The summed E-state index contributed by atoms with van der Waals surface area (Å²) in [6, 6.07) is 2.02. The molecule has 4 N–H and O–H groups in total. The summed E-state index contributed by atoms with van der Waals surface area (Å²) in [7, 11) is 0. The van der Waals surface area contributed by atoms with E-state index in [1.54, 1.807) is 0 Å². The van der Waals surface area contributed by atoms with E-state index in [2.05, 4.69) is 20.8 Å². The van der Waals surface area contributed by atoms with Crippen LogP contribution in [0.5, 0.6) is 0 Å². The van der Waals surface area contributed by atoms with Gasteiger partial charge in [0.2, 0.25) is 0 Å². The van der Waals surface area contributed by atoms with Crippen molar-refractivity contribution in [2.75, 3.05) is 11.5 Å². The fraction of sp³-hybridized carbons (Fsp3) is 0.500. The summed E-state index contributed by atoms with van der Waals surface area (Å²) in [5.74, 6) is 0. The number of nitrogen functional groups attached to an aromatic ring is 2. The van der Waals surface area contributed by atoms with Crippen molar-refractivity contribution in [1.82, 2.24) is 0 Å². The van der Waals surface area contributed by atoms with E-state index < -0.39 is 0 Å². The third kappa shape index (κ3) is 1.79. The van der Waals surface area contributed by atoms with Crippen LogP contribution in [0.25, 0.3) is 0 Å². The van der Waals surface area contributed by atoms with Gasteiger partial charge in [0.15, 0.2) is 0 Å². The molecule has 1 heterocycles. The van der Waals surface area contributed by atoms with Crippen molar-refractivity contribution in [1.29, 1.82) is 0 Å². The maximum atomic E-state index is 5.70. The Kier molecular flexibility index (Phi) is 2.04. The van der Waals surface area contributed by atoms with Crippen LogP contribution in [-0.2, 0) is 5.41 Å². The van der Waals surface area contributed by atoms with Crippen molar-refractivity contribution in [3.63, 3.8) is 0 Å². The standard InChI is InChI=1S/C8H14N2Se/c1-8(2,3)6-4-5(9)7(10)11-6/h4H,9-10H2,1-3H3. The van der Waals surface area contributed by atoms with Crippen LogP contribution < -0.4 is 11.5 Å². The van der Waals surface area contributed by atoms with Crippen molar-refractivity contribution in [2.24, 2.45) is 0 Å². The maximum absolute atomic E-state index is 5.70. The molecule has 0 bridgehead atoms. The zero-order valence-electron chi connectivity index (χ0n) is 7.14. The molecule has 0 atom stereocenters. The second-order valence-electron chi connectivity index (χ2n) is 3.68. The summed E-state index contributed by atoms with van der Waals surface area (Å²) in [4.78, 5) is 0. The van der Waals surface area contributed by atoms with Gasteiger partial charge < -0.3 is 0 Å². The molecule has 0 radical (unpaired) electrons. The predicted molar refractivity (Wildman–Crippen MR) is 50.9 cm³/mol. The van der Waals surface area contributed by atoms with Gasteiger partial charge in [-0.25, -0.2) is 0 Å². The van der Waals surface area contributed by atoms with Crippen molar-refractivity contribution < 1.29 is 0 Å². The van der Waals surface area contributed by atoms with Gasteiger partial charge in [-0.05, 0) is 0 Å². The molecule has 3 heteroatoms. The molecule has 0 saturated carbocycles. The molecule has 1 rings (SSSR count). The van der Waals surface area contributed by atoms with Gasteiger partial charge in [-0.15, -0.1) is 0 Å². The van der Waals surface area contributed by atoms with Gasteiger partial charge in [0.05, 0.1) is 0 Å². The summed E-state index contributed by atoms with van der Waals surface area (Å²) in [6.45, 7) is 6.56. The van der Waals surface area contributed by atoms with Crippen molar-refractivity contribution in [2.45, 2.75) is 26.2 Å². The van der Waals surface area contributed by atoms with E-state index >= 15 is 0 Å². The molecule has 0 fully saturated rings. The van der Waals surface area contributed by atoms with Crippen LogP contribution in [0.4, 0.5) is 10.2 Å². The Labute approximate surface area is 73.3 Å². The zero-order valence-corrected chi connectivity index (χ0v) is 8.85. The molecular weight excluding hydrogens is 203 g/mol. The SMILES string of the molecule is CC(C)(C)c1cc(N)c(N)[se]1. The van der Waals surface area contributed by atoms with E-state index in [1.807, 2.05) is 6.07 Å². The second kappa shape index (κ2) is 2.58. The van der Waals surface area contributed by atoms with Crippen LogP contribution >= 0.6 is 0 Å². The molecule has 0 aliphatic heterocycles. The van der Waals surface area contributed by atoms with Crippen LogP contribution in [-0.4, -0.2) is 14.5 Å². The first-order valence-electron chi connectivity index (χ1n) is 3.56. The van der Waals surface area contributed by atoms with Crippen molar-refractivity contribution in [3.05, 3.63) is 10.5 Å². The molecule has 0 amide bonds. The van der Waals surface area contributed by atoms with Crippen LogP contribution in [0.1, 0.15) is 25.2 Å². The number of nitrogens with two attached hydrogens (primary N) is 2. The molecule has 1 aromatic heterocycles. The van der Waals surface area contributed by atoms with E-state index in [-0.39, 0.29) is 5.41 Å². The Morgan fingerprint density at radius 3 is 2.00 bits per heavy atom. The minimum absolute atomic E-state index is 0.228. The van der Waals surface area contributed by atoms with Gasteiger partial charge in [-0.3, -0.25) is 0 Å². The van der Waals surface area contributed by atoms with Crippen LogP contribution in [0.15, 0.2) is 6.07 Å². The molecule has 0 aliphatic carbocycles. The predicted octanol–water partition coefficient (Wildman–Crippen LogP) is 1.21. The van der Waals surface area contributed by atoms with Gasteiger partial charge >= 0.3 is 72.9 Å². The van der Waals surface area contributed by atoms with Crippen LogP contribution in [0.3, 0.4) is 0 Å². The molecule has 0 unspecified atom stereocenters. The average molecular weight is 217 g/mol. The number of rotatable bonds is 0.